The first kappa shape index (κ1) is 15.5. The summed E-state index contributed by atoms with van der Waals surface area (Å²) in [4.78, 5) is 14.1. The Labute approximate surface area is 130 Å². The molecule has 110 valence electrons. The molecule has 0 atom stereocenters. The average Bonchev–Trinajstić information content (AvgIpc) is 2.47. The molecule has 2 aromatic rings. The Hall–Kier alpha value is -1.84. The van der Waals surface area contributed by atoms with Crippen molar-refractivity contribution in [1.29, 1.82) is 0 Å². The fourth-order valence-corrected chi connectivity index (χ4v) is 2.24. The van der Waals surface area contributed by atoms with E-state index in [0.717, 1.165) is 11.3 Å². The van der Waals surface area contributed by atoms with Gasteiger partial charge in [0.2, 0.25) is 0 Å². The van der Waals surface area contributed by atoms with Gasteiger partial charge < -0.3 is 4.74 Å². The summed E-state index contributed by atoms with van der Waals surface area (Å²) in [5, 5.41) is 0.635. The maximum Gasteiger partial charge on any atom is 0.176 e. The van der Waals surface area contributed by atoms with Crippen molar-refractivity contribution in [2.75, 3.05) is 20.7 Å². The van der Waals surface area contributed by atoms with Crippen LogP contribution in [0.1, 0.15) is 15.9 Å². The highest BCUT2D eigenvalue weighted by atomic mass is 35.5. The third-order valence-electron chi connectivity index (χ3n) is 3.17. The molecule has 0 saturated carbocycles. The number of halogens is 1. The van der Waals surface area contributed by atoms with Crippen LogP contribution in [-0.2, 0) is 6.54 Å². The predicted molar refractivity (Wildman–Crippen MR) is 85.1 cm³/mol. The van der Waals surface area contributed by atoms with Gasteiger partial charge in [-0.2, -0.15) is 0 Å². The first-order valence-corrected chi connectivity index (χ1v) is 7.06. The van der Waals surface area contributed by atoms with Crippen LogP contribution in [-0.4, -0.2) is 31.4 Å². The van der Waals surface area contributed by atoms with E-state index in [9.17, 15) is 4.79 Å². The number of ether oxygens (including phenoxy) is 1. The largest absolute Gasteiger partial charge is 0.497 e. The zero-order valence-corrected chi connectivity index (χ0v) is 12.9. The molecular formula is C17H18ClNO2. The van der Waals surface area contributed by atoms with E-state index in [0.29, 0.717) is 23.7 Å². The molecule has 0 N–H and O–H groups in total. The second-order valence-corrected chi connectivity index (χ2v) is 5.39. The van der Waals surface area contributed by atoms with Crippen molar-refractivity contribution in [3.63, 3.8) is 0 Å². The van der Waals surface area contributed by atoms with Crippen molar-refractivity contribution in [2.24, 2.45) is 0 Å². The number of likely N-dealkylation sites (N-methyl/N-ethyl adjacent to an activating group) is 1. The third kappa shape index (κ3) is 4.59. The molecule has 0 aromatic heterocycles. The van der Waals surface area contributed by atoms with E-state index in [1.165, 1.54) is 0 Å². The van der Waals surface area contributed by atoms with Crippen LogP contribution in [0.5, 0.6) is 5.75 Å². The highest BCUT2D eigenvalue weighted by molar-refractivity contribution is 6.30. The van der Waals surface area contributed by atoms with Gasteiger partial charge in [-0.05, 0) is 49.0 Å². The van der Waals surface area contributed by atoms with E-state index in [4.69, 9.17) is 16.3 Å². The number of ketones is 1. The smallest absolute Gasteiger partial charge is 0.176 e. The predicted octanol–water partition coefficient (Wildman–Crippen LogP) is 3.66. The van der Waals surface area contributed by atoms with Crippen LogP contribution >= 0.6 is 11.6 Å². The number of hydrogen-bond donors (Lipinski definition) is 0. The summed E-state index contributed by atoms with van der Waals surface area (Å²) in [6.45, 7) is 1.05. The van der Waals surface area contributed by atoms with E-state index < -0.39 is 0 Å². The summed E-state index contributed by atoms with van der Waals surface area (Å²) in [5.41, 5.74) is 1.79. The van der Waals surface area contributed by atoms with Crippen LogP contribution in [0.3, 0.4) is 0 Å². The van der Waals surface area contributed by atoms with Crippen LogP contribution in [0.2, 0.25) is 5.02 Å². The van der Waals surface area contributed by atoms with Crippen LogP contribution in [0, 0.1) is 0 Å². The van der Waals surface area contributed by atoms with E-state index in [1.807, 2.05) is 36.2 Å². The second kappa shape index (κ2) is 7.25. The number of carbonyl (C=O) groups excluding carboxylic acids is 1. The minimum Gasteiger partial charge on any atom is -0.497 e. The SMILES string of the molecule is COc1cccc(CN(C)CC(=O)c2ccc(Cl)cc2)c1. The molecule has 0 heterocycles. The zero-order valence-electron chi connectivity index (χ0n) is 12.2. The lowest BCUT2D eigenvalue weighted by atomic mass is 10.1. The first-order valence-electron chi connectivity index (χ1n) is 6.68. The van der Waals surface area contributed by atoms with Gasteiger partial charge in [-0.1, -0.05) is 23.7 Å². The lowest BCUT2D eigenvalue weighted by molar-refractivity contribution is 0.0943. The topological polar surface area (TPSA) is 29.5 Å². The van der Waals surface area contributed by atoms with Gasteiger partial charge in [-0.25, -0.2) is 0 Å². The third-order valence-corrected chi connectivity index (χ3v) is 3.42. The van der Waals surface area contributed by atoms with Crippen molar-refractivity contribution < 1.29 is 9.53 Å². The summed E-state index contributed by atoms with van der Waals surface area (Å²) in [6.07, 6.45) is 0. The standard InChI is InChI=1S/C17H18ClNO2/c1-19(11-13-4-3-5-16(10-13)21-2)12-17(20)14-6-8-15(18)9-7-14/h3-10H,11-12H2,1-2H3. The number of rotatable bonds is 6. The van der Waals surface area contributed by atoms with Crippen molar-refractivity contribution in [2.45, 2.75) is 6.54 Å². The highest BCUT2D eigenvalue weighted by Crippen LogP contribution is 2.14. The fraction of sp³-hybridized carbons (Fsp3) is 0.235. The van der Waals surface area contributed by atoms with Crippen molar-refractivity contribution >= 4 is 17.4 Å². The Morgan fingerprint density at radius 2 is 1.90 bits per heavy atom. The van der Waals surface area contributed by atoms with Crippen LogP contribution in [0.4, 0.5) is 0 Å². The molecule has 0 unspecified atom stereocenters. The Morgan fingerprint density at radius 3 is 2.57 bits per heavy atom. The fourth-order valence-electron chi connectivity index (χ4n) is 2.11. The number of benzene rings is 2. The van der Waals surface area contributed by atoms with Gasteiger partial charge in [0.1, 0.15) is 5.75 Å². The molecule has 2 aromatic carbocycles. The number of hydrogen-bond acceptors (Lipinski definition) is 3. The number of nitrogens with zero attached hydrogens (tertiary/aromatic N) is 1. The first-order chi connectivity index (χ1) is 10.1. The molecule has 2 rings (SSSR count). The summed E-state index contributed by atoms with van der Waals surface area (Å²) in [5.74, 6) is 0.905. The minimum absolute atomic E-state index is 0.0806. The monoisotopic (exact) mass is 303 g/mol. The van der Waals surface area contributed by atoms with Gasteiger partial charge in [-0.3, -0.25) is 9.69 Å². The molecule has 0 radical (unpaired) electrons. The highest BCUT2D eigenvalue weighted by Gasteiger charge is 2.10. The van der Waals surface area contributed by atoms with Gasteiger partial charge in [0, 0.05) is 17.1 Å². The van der Waals surface area contributed by atoms with Gasteiger partial charge in [0.05, 0.1) is 13.7 Å². The average molecular weight is 304 g/mol. The van der Waals surface area contributed by atoms with Gasteiger partial charge in [0.25, 0.3) is 0 Å². The second-order valence-electron chi connectivity index (χ2n) is 4.95. The summed E-state index contributed by atoms with van der Waals surface area (Å²) in [6, 6.07) is 14.8. The Balaban J connectivity index is 1.96. The normalized spacial score (nSPS) is 10.7. The lowest BCUT2D eigenvalue weighted by Crippen LogP contribution is -2.25. The molecule has 0 fully saturated rings. The summed E-state index contributed by atoms with van der Waals surface area (Å²) < 4.78 is 5.20. The minimum atomic E-state index is 0.0806. The molecule has 0 amide bonds. The number of methoxy groups -OCH3 is 1. The molecule has 4 heteroatoms. The van der Waals surface area contributed by atoms with Crippen LogP contribution in [0.15, 0.2) is 48.5 Å². The van der Waals surface area contributed by atoms with Crippen LogP contribution < -0.4 is 4.74 Å². The summed E-state index contributed by atoms with van der Waals surface area (Å²) in [7, 11) is 3.57. The lowest BCUT2D eigenvalue weighted by Gasteiger charge is -2.16. The van der Waals surface area contributed by atoms with Gasteiger partial charge >= 0.3 is 0 Å². The van der Waals surface area contributed by atoms with E-state index in [2.05, 4.69) is 0 Å². The molecule has 21 heavy (non-hydrogen) atoms. The molecule has 0 aliphatic heterocycles. The van der Waals surface area contributed by atoms with Crippen LogP contribution in [0.25, 0.3) is 0 Å². The van der Waals surface area contributed by atoms with Gasteiger partial charge in [-0.15, -0.1) is 0 Å². The number of carbonyl (C=O) groups is 1. The van der Waals surface area contributed by atoms with Gasteiger partial charge in [0.15, 0.2) is 5.78 Å². The van der Waals surface area contributed by atoms with Crippen molar-refractivity contribution in [1.82, 2.24) is 4.90 Å². The quantitative estimate of drug-likeness (QED) is 0.763. The maximum absolute atomic E-state index is 12.2. The molecular weight excluding hydrogens is 286 g/mol. The Morgan fingerprint density at radius 1 is 1.19 bits per heavy atom. The zero-order chi connectivity index (χ0) is 15.2. The van der Waals surface area contributed by atoms with E-state index in [-0.39, 0.29) is 5.78 Å². The Bertz CT molecular complexity index is 610. The molecule has 3 nitrogen and oxygen atoms in total. The molecule has 0 spiro atoms. The molecule has 0 bridgehead atoms. The molecule has 0 saturated heterocycles. The van der Waals surface area contributed by atoms with Crippen molar-refractivity contribution in [3.8, 4) is 5.75 Å². The maximum atomic E-state index is 12.2. The number of Topliss-reactive ketones (excluding diaryl/α,β-unsaturated/α-hetero) is 1. The van der Waals surface area contributed by atoms with E-state index in [1.54, 1.807) is 31.4 Å². The molecule has 0 aliphatic rings. The van der Waals surface area contributed by atoms with Crippen molar-refractivity contribution in [3.05, 3.63) is 64.7 Å². The molecule has 0 aliphatic carbocycles. The Kier molecular flexibility index (Phi) is 5.37. The summed E-state index contributed by atoms with van der Waals surface area (Å²) >= 11 is 5.82. The van der Waals surface area contributed by atoms with E-state index >= 15 is 0 Å².